The summed E-state index contributed by atoms with van der Waals surface area (Å²) < 4.78 is 10.6. The average molecular weight is 283 g/mol. The molecular formula is C12H21N5O3. The molecule has 1 fully saturated rings. The van der Waals surface area contributed by atoms with Gasteiger partial charge in [0.2, 0.25) is 11.7 Å². The number of rotatable bonds is 5. The molecule has 0 bridgehead atoms. The maximum Gasteiger partial charge on any atom is 0.249 e. The van der Waals surface area contributed by atoms with Crippen LogP contribution in [0.3, 0.4) is 0 Å². The second-order valence-corrected chi connectivity index (χ2v) is 5.29. The third-order valence-electron chi connectivity index (χ3n) is 3.58. The Morgan fingerprint density at radius 2 is 2.00 bits per heavy atom. The Morgan fingerprint density at radius 3 is 2.40 bits per heavy atom. The maximum atomic E-state index is 12.6. The minimum absolute atomic E-state index is 0.0504. The molecule has 0 radical (unpaired) electrons. The van der Waals surface area contributed by atoms with Crippen molar-refractivity contribution in [3.05, 3.63) is 6.20 Å². The van der Waals surface area contributed by atoms with E-state index in [4.69, 9.17) is 15.2 Å². The molecule has 1 aliphatic rings. The van der Waals surface area contributed by atoms with E-state index in [1.165, 1.54) is 11.0 Å². The molecule has 1 amide bonds. The van der Waals surface area contributed by atoms with Gasteiger partial charge in [-0.2, -0.15) is 9.90 Å². The van der Waals surface area contributed by atoms with E-state index in [1.807, 2.05) is 13.8 Å². The van der Waals surface area contributed by atoms with Gasteiger partial charge in [0.15, 0.2) is 11.9 Å². The van der Waals surface area contributed by atoms with E-state index in [-0.39, 0.29) is 11.8 Å². The van der Waals surface area contributed by atoms with Crippen molar-refractivity contribution in [1.29, 1.82) is 0 Å². The Kier molecular flexibility index (Phi) is 3.96. The lowest BCUT2D eigenvalue weighted by Gasteiger charge is -2.48. The lowest BCUT2D eigenvalue weighted by atomic mass is 9.99. The zero-order valence-corrected chi connectivity index (χ0v) is 12.2. The predicted molar refractivity (Wildman–Crippen MR) is 71.6 cm³/mol. The van der Waals surface area contributed by atoms with Gasteiger partial charge in [-0.3, -0.25) is 4.79 Å². The van der Waals surface area contributed by atoms with Crippen LogP contribution in [-0.2, 0) is 14.3 Å². The van der Waals surface area contributed by atoms with Crippen LogP contribution in [0.25, 0.3) is 0 Å². The number of carbonyl (C=O) groups excluding carboxylic acids is 1. The first kappa shape index (κ1) is 14.7. The zero-order chi connectivity index (χ0) is 14.9. The van der Waals surface area contributed by atoms with Gasteiger partial charge in [0, 0.05) is 14.2 Å². The number of hydrogen-bond donors (Lipinski definition) is 1. The van der Waals surface area contributed by atoms with E-state index in [0.717, 1.165) is 0 Å². The summed E-state index contributed by atoms with van der Waals surface area (Å²) in [7, 11) is 3.14. The summed E-state index contributed by atoms with van der Waals surface area (Å²) in [6.45, 7) is 4.70. The van der Waals surface area contributed by atoms with Crippen molar-refractivity contribution in [3.8, 4) is 0 Å². The summed E-state index contributed by atoms with van der Waals surface area (Å²) in [6.07, 6.45) is 1.44. The molecule has 20 heavy (non-hydrogen) atoms. The number of nitrogens with zero attached hydrogens (tertiary/aromatic N) is 4. The SMILES string of the molecule is COC1(OC)CN(C(=O)C(C(C)C)n2ncc(N)n2)C1. The summed E-state index contributed by atoms with van der Waals surface area (Å²) in [5, 5.41) is 8.09. The zero-order valence-electron chi connectivity index (χ0n) is 12.2. The molecule has 1 aliphatic heterocycles. The summed E-state index contributed by atoms with van der Waals surface area (Å²) in [5.74, 6) is -0.391. The van der Waals surface area contributed by atoms with Crippen LogP contribution in [0.15, 0.2) is 6.20 Å². The van der Waals surface area contributed by atoms with Crippen molar-refractivity contribution in [1.82, 2.24) is 19.9 Å². The first-order chi connectivity index (χ1) is 9.42. The summed E-state index contributed by atoms with van der Waals surface area (Å²) in [6, 6.07) is -0.473. The fraction of sp³-hybridized carbons (Fsp3) is 0.750. The molecule has 0 aromatic carbocycles. The number of nitrogen functional groups attached to an aromatic ring is 1. The van der Waals surface area contributed by atoms with E-state index in [9.17, 15) is 4.79 Å². The van der Waals surface area contributed by atoms with Crippen molar-refractivity contribution in [2.24, 2.45) is 5.92 Å². The smallest absolute Gasteiger partial charge is 0.249 e. The van der Waals surface area contributed by atoms with E-state index in [2.05, 4.69) is 10.2 Å². The van der Waals surface area contributed by atoms with E-state index in [1.54, 1.807) is 19.1 Å². The molecule has 0 spiro atoms. The molecular weight excluding hydrogens is 262 g/mol. The highest BCUT2D eigenvalue weighted by Gasteiger charge is 2.48. The highest BCUT2D eigenvalue weighted by molar-refractivity contribution is 5.81. The van der Waals surface area contributed by atoms with Crippen LogP contribution in [-0.4, -0.2) is 58.9 Å². The molecule has 0 aliphatic carbocycles. The molecule has 2 heterocycles. The molecule has 1 aromatic rings. The highest BCUT2D eigenvalue weighted by atomic mass is 16.7. The molecule has 2 rings (SSSR count). The van der Waals surface area contributed by atoms with Crippen molar-refractivity contribution < 1.29 is 14.3 Å². The molecule has 1 atom stereocenters. The first-order valence-corrected chi connectivity index (χ1v) is 6.49. The third kappa shape index (κ3) is 2.48. The lowest BCUT2D eigenvalue weighted by Crippen LogP contribution is -2.66. The summed E-state index contributed by atoms with van der Waals surface area (Å²) >= 11 is 0. The number of carbonyl (C=O) groups is 1. The number of amides is 1. The molecule has 1 saturated heterocycles. The fourth-order valence-corrected chi connectivity index (χ4v) is 2.29. The third-order valence-corrected chi connectivity index (χ3v) is 3.58. The van der Waals surface area contributed by atoms with Gasteiger partial charge < -0.3 is 20.1 Å². The fourth-order valence-electron chi connectivity index (χ4n) is 2.29. The van der Waals surface area contributed by atoms with Gasteiger partial charge >= 0.3 is 0 Å². The Balaban J connectivity index is 2.10. The maximum absolute atomic E-state index is 12.6. The van der Waals surface area contributed by atoms with Crippen LogP contribution in [0, 0.1) is 5.92 Å². The number of ether oxygens (including phenoxy) is 2. The van der Waals surface area contributed by atoms with Crippen LogP contribution in [0.2, 0.25) is 0 Å². The van der Waals surface area contributed by atoms with E-state index in [0.29, 0.717) is 18.9 Å². The van der Waals surface area contributed by atoms with Crippen LogP contribution < -0.4 is 5.73 Å². The largest absolute Gasteiger partial charge is 0.381 e. The number of nitrogens with two attached hydrogens (primary N) is 1. The normalized spacial score (nSPS) is 18.9. The number of aromatic nitrogens is 3. The van der Waals surface area contributed by atoms with Gasteiger partial charge in [-0.1, -0.05) is 13.8 Å². The van der Waals surface area contributed by atoms with E-state index >= 15 is 0 Å². The van der Waals surface area contributed by atoms with Crippen LogP contribution in [0.4, 0.5) is 5.82 Å². The van der Waals surface area contributed by atoms with Crippen molar-refractivity contribution >= 4 is 11.7 Å². The van der Waals surface area contributed by atoms with Gasteiger partial charge in [0.05, 0.1) is 19.3 Å². The van der Waals surface area contributed by atoms with E-state index < -0.39 is 11.8 Å². The second kappa shape index (κ2) is 5.37. The number of hydrogen-bond acceptors (Lipinski definition) is 6. The Morgan fingerprint density at radius 1 is 1.40 bits per heavy atom. The van der Waals surface area contributed by atoms with Crippen LogP contribution >= 0.6 is 0 Å². The monoisotopic (exact) mass is 283 g/mol. The molecule has 2 N–H and O–H groups in total. The van der Waals surface area contributed by atoms with Gasteiger partial charge in [-0.15, -0.1) is 5.10 Å². The van der Waals surface area contributed by atoms with Gasteiger partial charge in [-0.05, 0) is 5.92 Å². The summed E-state index contributed by atoms with van der Waals surface area (Å²) in [5.41, 5.74) is 5.57. The van der Waals surface area contributed by atoms with Crippen molar-refractivity contribution in [3.63, 3.8) is 0 Å². The Bertz CT molecular complexity index is 475. The molecule has 8 heteroatoms. The standard InChI is InChI=1S/C12H21N5O3/c1-8(2)10(17-14-5-9(13)15-17)11(18)16-6-12(7-16,19-3)20-4/h5,8,10H,6-7H2,1-4H3,(H2,13,15). The minimum Gasteiger partial charge on any atom is -0.381 e. The van der Waals surface area contributed by atoms with Gasteiger partial charge in [0.1, 0.15) is 0 Å². The molecule has 1 aromatic heterocycles. The number of anilines is 1. The lowest BCUT2D eigenvalue weighted by molar-refractivity contribution is -0.271. The Labute approximate surface area is 117 Å². The van der Waals surface area contributed by atoms with Crippen molar-refractivity contribution in [2.45, 2.75) is 25.7 Å². The van der Waals surface area contributed by atoms with Crippen LogP contribution in [0.5, 0.6) is 0 Å². The predicted octanol–water partition coefficient (Wildman–Crippen LogP) is -0.111. The van der Waals surface area contributed by atoms with Crippen molar-refractivity contribution in [2.75, 3.05) is 33.0 Å². The average Bonchev–Trinajstić information content (AvgIpc) is 2.75. The molecule has 0 saturated carbocycles. The van der Waals surface area contributed by atoms with Gasteiger partial charge in [-0.25, -0.2) is 0 Å². The van der Waals surface area contributed by atoms with Gasteiger partial charge in [0.25, 0.3) is 0 Å². The minimum atomic E-state index is -0.687. The highest BCUT2D eigenvalue weighted by Crippen LogP contribution is 2.29. The number of likely N-dealkylation sites (tertiary alicyclic amines) is 1. The Hall–Kier alpha value is -1.67. The quantitative estimate of drug-likeness (QED) is 0.757. The van der Waals surface area contributed by atoms with Crippen LogP contribution in [0.1, 0.15) is 19.9 Å². The second-order valence-electron chi connectivity index (χ2n) is 5.29. The molecule has 1 unspecified atom stereocenters. The molecule has 112 valence electrons. The first-order valence-electron chi connectivity index (χ1n) is 6.49. The topological polar surface area (TPSA) is 95.5 Å². The summed E-state index contributed by atoms with van der Waals surface area (Å²) in [4.78, 5) is 15.6. The number of methoxy groups -OCH3 is 2. The molecule has 8 nitrogen and oxygen atoms in total.